The van der Waals surface area contributed by atoms with Crippen LogP contribution in [-0.4, -0.2) is 24.4 Å². The summed E-state index contributed by atoms with van der Waals surface area (Å²) in [4.78, 5) is 21.1. The molecule has 2 N–H and O–H groups in total. The third-order valence-electron chi connectivity index (χ3n) is 1.61. The zero-order valence-corrected chi connectivity index (χ0v) is 8.09. The Balaban J connectivity index is 3.62. The monoisotopic (exact) mass is 184 g/mol. The lowest BCUT2D eigenvalue weighted by molar-refractivity contribution is -0.115. The van der Waals surface area contributed by atoms with E-state index in [9.17, 15) is 9.59 Å². The summed E-state index contributed by atoms with van der Waals surface area (Å²) in [5.41, 5.74) is 0.0890. The molecular formula is C9H16N2O2. The first-order chi connectivity index (χ1) is 6.09. The van der Waals surface area contributed by atoms with Crippen molar-refractivity contribution < 1.29 is 9.59 Å². The van der Waals surface area contributed by atoms with Gasteiger partial charge in [-0.25, -0.2) is 0 Å². The molecule has 13 heavy (non-hydrogen) atoms. The Labute approximate surface area is 78.2 Å². The predicted molar refractivity (Wildman–Crippen MR) is 50.9 cm³/mol. The van der Waals surface area contributed by atoms with Crippen LogP contribution in [0.2, 0.25) is 0 Å². The molecule has 0 aliphatic carbocycles. The number of hydrogen-bond acceptors (Lipinski definition) is 3. The molecule has 0 aromatic rings. The van der Waals surface area contributed by atoms with E-state index in [4.69, 9.17) is 5.41 Å². The van der Waals surface area contributed by atoms with E-state index in [1.807, 2.05) is 0 Å². The van der Waals surface area contributed by atoms with Crippen molar-refractivity contribution in [2.75, 3.05) is 6.54 Å². The molecular weight excluding hydrogens is 168 g/mol. The van der Waals surface area contributed by atoms with E-state index >= 15 is 0 Å². The average molecular weight is 184 g/mol. The van der Waals surface area contributed by atoms with Gasteiger partial charge in [-0.3, -0.25) is 10.2 Å². The maximum absolute atomic E-state index is 11.1. The molecule has 0 aliphatic heterocycles. The highest BCUT2D eigenvalue weighted by atomic mass is 16.1. The first-order valence-corrected chi connectivity index (χ1v) is 4.40. The Morgan fingerprint density at radius 1 is 1.54 bits per heavy atom. The highest BCUT2D eigenvalue weighted by molar-refractivity contribution is 6.38. The van der Waals surface area contributed by atoms with Crippen LogP contribution in [-0.2, 0) is 9.59 Å². The highest BCUT2D eigenvalue weighted by Gasteiger charge is 2.11. The Hall–Kier alpha value is -1.19. The van der Waals surface area contributed by atoms with E-state index in [0.29, 0.717) is 19.4 Å². The summed E-state index contributed by atoms with van der Waals surface area (Å²) in [5.74, 6) is -0.382. The maximum Gasteiger partial charge on any atom is 0.265 e. The van der Waals surface area contributed by atoms with Gasteiger partial charge in [-0.05, 0) is 6.42 Å². The van der Waals surface area contributed by atoms with Gasteiger partial charge in [0.15, 0.2) is 0 Å². The predicted octanol–water partition coefficient (Wildman–Crippen LogP) is 0.757. The number of unbranched alkanes of at least 4 members (excludes halogenated alkanes) is 1. The topological polar surface area (TPSA) is 70.0 Å². The molecule has 0 heterocycles. The second kappa shape index (κ2) is 6.34. The van der Waals surface area contributed by atoms with Crippen molar-refractivity contribution in [2.45, 2.75) is 26.7 Å². The fraction of sp³-hybridized carbons (Fsp3) is 0.667. The summed E-state index contributed by atoms with van der Waals surface area (Å²) in [7, 11) is 0. The number of carbonyl (C=O) groups is 2. The van der Waals surface area contributed by atoms with Gasteiger partial charge in [0.1, 0.15) is 6.29 Å². The quantitative estimate of drug-likeness (QED) is 0.363. The highest BCUT2D eigenvalue weighted by Crippen LogP contribution is 1.94. The summed E-state index contributed by atoms with van der Waals surface area (Å²) in [6.45, 7) is 4.06. The first-order valence-electron chi connectivity index (χ1n) is 4.40. The molecule has 0 saturated heterocycles. The minimum Gasteiger partial charge on any atom is -0.351 e. The van der Waals surface area contributed by atoms with Crippen molar-refractivity contribution >= 4 is 17.9 Å². The van der Waals surface area contributed by atoms with Crippen molar-refractivity contribution in [3.05, 3.63) is 0 Å². The number of rotatable bonds is 6. The Morgan fingerprint density at radius 2 is 2.15 bits per heavy atom. The molecule has 0 aliphatic rings. The SMILES string of the molecule is CC(C)C(=N)C(=O)NCCCC=O. The van der Waals surface area contributed by atoms with Gasteiger partial charge in [0.2, 0.25) is 0 Å². The van der Waals surface area contributed by atoms with Gasteiger partial charge in [-0.1, -0.05) is 13.8 Å². The largest absolute Gasteiger partial charge is 0.351 e. The standard InChI is InChI=1S/C9H16N2O2/c1-7(2)8(10)9(13)11-5-3-4-6-12/h6-7,10H,3-5H2,1-2H3,(H,11,13). The van der Waals surface area contributed by atoms with E-state index in [1.54, 1.807) is 13.8 Å². The van der Waals surface area contributed by atoms with Crippen molar-refractivity contribution in [1.82, 2.24) is 5.32 Å². The molecule has 0 fully saturated rings. The first kappa shape index (κ1) is 11.8. The lowest BCUT2D eigenvalue weighted by Gasteiger charge is -2.07. The minimum atomic E-state index is -0.333. The van der Waals surface area contributed by atoms with Crippen LogP contribution in [0.5, 0.6) is 0 Å². The van der Waals surface area contributed by atoms with Crippen molar-refractivity contribution in [2.24, 2.45) is 5.92 Å². The summed E-state index contributed by atoms with van der Waals surface area (Å²) < 4.78 is 0. The lowest BCUT2D eigenvalue weighted by atomic mass is 10.1. The molecule has 0 unspecified atom stereocenters. The Morgan fingerprint density at radius 3 is 2.62 bits per heavy atom. The fourth-order valence-electron chi connectivity index (χ4n) is 0.745. The smallest absolute Gasteiger partial charge is 0.265 e. The average Bonchev–Trinajstić information content (AvgIpc) is 2.10. The Kier molecular flexibility index (Phi) is 5.76. The van der Waals surface area contributed by atoms with Gasteiger partial charge < -0.3 is 10.1 Å². The summed E-state index contributed by atoms with van der Waals surface area (Å²) in [5, 5.41) is 9.92. The molecule has 0 radical (unpaired) electrons. The number of aldehydes is 1. The molecule has 0 spiro atoms. The molecule has 0 atom stereocenters. The van der Waals surface area contributed by atoms with E-state index in [2.05, 4.69) is 5.32 Å². The third-order valence-corrected chi connectivity index (χ3v) is 1.61. The molecule has 4 nitrogen and oxygen atoms in total. The zero-order chi connectivity index (χ0) is 10.3. The van der Waals surface area contributed by atoms with Crippen LogP contribution in [0.25, 0.3) is 0 Å². The molecule has 0 aromatic heterocycles. The van der Waals surface area contributed by atoms with Crippen LogP contribution >= 0.6 is 0 Å². The third kappa shape index (κ3) is 5.11. The van der Waals surface area contributed by atoms with Crippen LogP contribution in [0, 0.1) is 11.3 Å². The molecule has 0 saturated carbocycles. The zero-order valence-electron chi connectivity index (χ0n) is 8.09. The van der Waals surface area contributed by atoms with Gasteiger partial charge in [0, 0.05) is 18.9 Å². The molecule has 74 valence electrons. The second-order valence-corrected chi connectivity index (χ2v) is 3.13. The van der Waals surface area contributed by atoms with Crippen LogP contribution < -0.4 is 5.32 Å². The number of hydrogen-bond donors (Lipinski definition) is 2. The molecule has 4 heteroatoms. The van der Waals surface area contributed by atoms with Crippen LogP contribution in [0.1, 0.15) is 26.7 Å². The molecule has 1 amide bonds. The summed E-state index contributed by atoms with van der Waals surface area (Å²) in [6, 6.07) is 0. The molecule has 0 aromatic carbocycles. The minimum absolute atomic E-state index is 0.0499. The van der Waals surface area contributed by atoms with Gasteiger partial charge in [0.25, 0.3) is 5.91 Å². The summed E-state index contributed by atoms with van der Waals surface area (Å²) in [6.07, 6.45) is 1.91. The van der Waals surface area contributed by atoms with Gasteiger partial charge >= 0.3 is 0 Å². The van der Waals surface area contributed by atoms with Crippen LogP contribution in [0.3, 0.4) is 0 Å². The van der Waals surface area contributed by atoms with E-state index in [1.165, 1.54) is 0 Å². The van der Waals surface area contributed by atoms with Gasteiger partial charge in [-0.2, -0.15) is 0 Å². The van der Waals surface area contributed by atoms with Gasteiger partial charge in [0.05, 0.1) is 5.71 Å². The molecule has 0 rings (SSSR count). The lowest BCUT2D eigenvalue weighted by Crippen LogP contribution is -2.33. The van der Waals surface area contributed by atoms with Crippen LogP contribution in [0.15, 0.2) is 0 Å². The van der Waals surface area contributed by atoms with Crippen LogP contribution in [0.4, 0.5) is 0 Å². The van der Waals surface area contributed by atoms with E-state index in [-0.39, 0.29) is 17.5 Å². The van der Waals surface area contributed by atoms with E-state index in [0.717, 1.165) is 6.29 Å². The van der Waals surface area contributed by atoms with Crippen molar-refractivity contribution in [3.63, 3.8) is 0 Å². The second-order valence-electron chi connectivity index (χ2n) is 3.13. The van der Waals surface area contributed by atoms with Crippen molar-refractivity contribution in [1.29, 1.82) is 5.41 Å². The van der Waals surface area contributed by atoms with Gasteiger partial charge in [-0.15, -0.1) is 0 Å². The normalized spacial score (nSPS) is 9.77. The number of nitrogens with one attached hydrogen (secondary N) is 2. The van der Waals surface area contributed by atoms with Crippen molar-refractivity contribution in [3.8, 4) is 0 Å². The fourth-order valence-corrected chi connectivity index (χ4v) is 0.745. The number of carbonyl (C=O) groups excluding carboxylic acids is 2. The molecule has 0 bridgehead atoms. The number of amides is 1. The van der Waals surface area contributed by atoms with E-state index < -0.39 is 0 Å². The maximum atomic E-state index is 11.1. The summed E-state index contributed by atoms with van der Waals surface area (Å²) >= 11 is 0. The Bertz CT molecular complexity index is 200.